The van der Waals surface area contributed by atoms with Gasteiger partial charge >= 0.3 is 5.97 Å². The highest BCUT2D eigenvalue weighted by molar-refractivity contribution is 7.91. The van der Waals surface area contributed by atoms with Crippen molar-refractivity contribution >= 4 is 28.2 Å². The van der Waals surface area contributed by atoms with Gasteiger partial charge in [-0.3, -0.25) is 0 Å². The van der Waals surface area contributed by atoms with Gasteiger partial charge in [0, 0.05) is 12.1 Å². The van der Waals surface area contributed by atoms with Gasteiger partial charge in [-0.05, 0) is 13.3 Å². The fourth-order valence-electron chi connectivity index (χ4n) is 1.90. The van der Waals surface area contributed by atoms with Gasteiger partial charge in [0.05, 0.1) is 24.7 Å². The molecule has 1 aromatic heterocycles. The molecule has 0 spiro atoms. The Balaban J connectivity index is 0.00000200. The zero-order chi connectivity index (χ0) is 13.9. The van der Waals surface area contributed by atoms with Crippen molar-refractivity contribution in [2.45, 2.75) is 25.9 Å². The van der Waals surface area contributed by atoms with Crippen LogP contribution >= 0.6 is 12.4 Å². The minimum Gasteiger partial charge on any atom is -0.461 e. The third kappa shape index (κ3) is 4.46. The molecule has 1 saturated heterocycles. The number of carbonyl (C=O) groups excluding carboxylic acids is 1. The SMILES string of the molecule is CCOC(=O)c1cc(CNC2CCS(=O)(=O)C2)on1.Cl. The topological polar surface area (TPSA) is 98.5 Å². The molecular weight excluding hydrogens is 308 g/mol. The molecule has 114 valence electrons. The van der Waals surface area contributed by atoms with Gasteiger partial charge in [-0.15, -0.1) is 12.4 Å². The lowest BCUT2D eigenvalue weighted by Gasteiger charge is -2.07. The van der Waals surface area contributed by atoms with Crippen molar-refractivity contribution in [1.29, 1.82) is 0 Å². The predicted octanol–water partition coefficient (Wildman–Crippen LogP) is 0.550. The zero-order valence-corrected chi connectivity index (χ0v) is 12.6. The Kier molecular flexibility index (Phi) is 5.97. The minimum absolute atomic E-state index is 0. The third-order valence-electron chi connectivity index (χ3n) is 2.84. The summed E-state index contributed by atoms with van der Waals surface area (Å²) in [6.07, 6.45) is 0.598. The standard InChI is InChI=1S/C11H16N2O5S.ClH/c1-2-17-11(14)10-5-9(18-13-10)6-12-8-3-4-19(15,16)7-8;/h5,8,12H,2-4,6-7H2,1H3;1H. The molecule has 1 unspecified atom stereocenters. The van der Waals surface area contributed by atoms with Crippen molar-refractivity contribution in [3.8, 4) is 0 Å². The van der Waals surface area contributed by atoms with Crippen molar-refractivity contribution in [2.24, 2.45) is 0 Å². The molecule has 1 aliphatic rings. The van der Waals surface area contributed by atoms with E-state index in [0.717, 1.165) is 0 Å². The van der Waals surface area contributed by atoms with E-state index >= 15 is 0 Å². The van der Waals surface area contributed by atoms with Crippen molar-refractivity contribution in [3.63, 3.8) is 0 Å². The molecule has 2 heterocycles. The van der Waals surface area contributed by atoms with Gasteiger partial charge in [0.2, 0.25) is 0 Å². The maximum Gasteiger partial charge on any atom is 0.360 e. The van der Waals surface area contributed by atoms with Crippen molar-refractivity contribution in [2.75, 3.05) is 18.1 Å². The van der Waals surface area contributed by atoms with Crippen LogP contribution in [-0.4, -0.2) is 43.7 Å². The number of sulfone groups is 1. The van der Waals surface area contributed by atoms with E-state index in [2.05, 4.69) is 10.5 Å². The summed E-state index contributed by atoms with van der Waals surface area (Å²) in [5.41, 5.74) is 0.123. The average molecular weight is 325 g/mol. The molecule has 2 rings (SSSR count). The van der Waals surface area contributed by atoms with Gasteiger partial charge in [0.25, 0.3) is 0 Å². The fraction of sp³-hybridized carbons (Fsp3) is 0.636. The lowest BCUT2D eigenvalue weighted by Crippen LogP contribution is -2.29. The van der Waals surface area contributed by atoms with E-state index in [0.29, 0.717) is 18.7 Å². The van der Waals surface area contributed by atoms with Crippen molar-refractivity contribution < 1.29 is 22.5 Å². The second-order valence-electron chi connectivity index (χ2n) is 4.38. The molecular formula is C11H17ClN2O5S. The van der Waals surface area contributed by atoms with Gasteiger partial charge in [-0.25, -0.2) is 13.2 Å². The van der Waals surface area contributed by atoms with E-state index in [1.807, 2.05) is 0 Å². The average Bonchev–Trinajstić information content (AvgIpc) is 2.93. The Bertz CT molecular complexity index is 557. The number of carbonyl (C=O) groups is 1. The molecule has 0 aromatic carbocycles. The van der Waals surface area contributed by atoms with Crippen LogP contribution in [0.25, 0.3) is 0 Å². The van der Waals surface area contributed by atoms with Gasteiger partial charge in [-0.2, -0.15) is 0 Å². The summed E-state index contributed by atoms with van der Waals surface area (Å²) < 4.78 is 32.3. The van der Waals surface area contributed by atoms with E-state index in [-0.39, 0.29) is 42.3 Å². The number of hydrogen-bond acceptors (Lipinski definition) is 7. The number of nitrogens with zero attached hydrogens (tertiary/aromatic N) is 1. The number of esters is 1. The smallest absolute Gasteiger partial charge is 0.360 e. The van der Waals surface area contributed by atoms with Gasteiger partial charge < -0.3 is 14.6 Å². The van der Waals surface area contributed by atoms with Crippen molar-refractivity contribution in [1.82, 2.24) is 10.5 Å². The quantitative estimate of drug-likeness (QED) is 0.790. The number of halogens is 1. The lowest BCUT2D eigenvalue weighted by atomic mass is 10.2. The first-order chi connectivity index (χ1) is 9.00. The monoisotopic (exact) mass is 324 g/mol. The number of ether oxygens (including phenoxy) is 1. The van der Waals surface area contributed by atoms with Crippen LogP contribution < -0.4 is 5.32 Å². The van der Waals surface area contributed by atoms with Crippen LogP contribution in [-0.2, 0) is 21.1 Å². The lowest BCUT2D eigenvalue weighted by molar-refractivity contribution is 0.0514. The minimum atomic E-state index is -2.90. The number of rotatable bonds is 5. The molecule has 1 atom stereocenters. The van der Waals surface area contributed by atoms with Crippen LogP contribution in [0.4, 0.5) is 0 Å². The van der Waals surface area contributed by atoms with Crippen molar-refractivity contribution in [3.05, 3.63) is 17.5 Å². The Morgan fingerprint density at radius 2 is 2.35 bits per heavy atom. The summed E-state index contributed by atoms with van der Waals surface area (Å²) in [7, 11) is -2.90. The summed E-state index contributed by atoms with van der Waals surface area (Å²) in [5.74, 6) is 0.314. The van der Waals surface area contributed by atoms with E-state index < -0.39 is 15.8 Å². The highest BCUT2D eigenvalue weighted by Crippen LogP contribution is 2.12. The molecule has 1 fully saturated rings. The van der Waals surface area contributed by atoms with Crippen LogP contribution in [0.2, 0.25) is 0 Å². The first-order valence-corrected chi connectivity index (χ1v) is 7.89. The third-order valence-corrected chi connectivity index (χ3v) is 4.61. The molecule has 0 amide bonds. The largest absolute Gasteiger partial charge is 0.461 e. The van der Waals surface area contributed by atoms with E-state index in [4.69, 9.17) is 9.26 Å². The highest BCUT2D eigenvalue weighted by atomic mass is 35.5. The van der Waals surface area contributed by atoms with Crippen LogP contribution in [0.1, 0.15) is 29.6 Å². The van der Waals surface area contributed by atoms with Crippen LogP contribution in [0.5, 0.6) is 0 Å². The Morgan fingerprint density at radius 1 is 1.60 bits per heavy atom. The van der Waals surface area contributed by atoms with Crippen LogP contribution in [0.15, 0.2) is 10.6 Å². The highest BCUT2D eigenvalue weighted by Gasteiger charge is 2.27. The zero-order valence-electron chi connectivity index (χ0n) is 11.0. The second-order valence-corrected chi connectivity index (χ2v) is 6.61. The Morgan fingerprint density at radius 3 is 2.95 bits per heavy atom. The second kappa shape index (κ2) is 7.05. The Hall–Kier alpha value is -1.12. The summed E-state index contributed by atoms with van der Waals surface area (Å²) in [5, 5.41) is 6.67. The summed E-state index contributed by atoms with van der Waals surface area (Å²) >= 11 is 0. The van der Waals surface area contributed by atoms with E-state index in [1.165, 1.54) is 6.07 Å². The first-order valence-electron chi connectivity index (χ1n) is 6.06. The fourth-order valence-corrected chi connectivity index (χ4v) is 3.61. The van der Waals surface area contributed by atoms with Gasteiger partial charge in [-0.1, -0.05) is 5.16 Å². The predicted molar refractivity (Wildman–Crippen MR) is 73.6 cm³/mol. The van der Waals surface area contributed by atoms with Crippen LogP contribution in [0.3, 0.4) is 0 Å². The molecule has 7 nitrogen and oxygen atoms in total. The van der Waals surface area contributed by atoms with E-state index in [1.54, 1.807) is 6.92 Å². The molecule has 20 heavy (non-hydrogen) atoms. The molecule has 1 N–H and O–H groups in total. The first kappa shape index (κ1) is 16.9. The molecule has 0 bridgehead atoms. The summed E-state index contributed by atoms with van der Waals surface area (Å²) in [4.78, 5) is 11.4. The maximum atomic E-state index is 11.4. The number of aromatic nitrogens is 1. The molecule has 1 aromatic rings. The summed E-state index contributed by atoms with van der Waals surface area (Å²) in [6, 6.07) is 1.43. The van der Waals surface area contributed by atoms with Gasteiger partial charge in [0.1, 0.15) is 0 Å². The molecule has 0 aliphatic carbocycles. The summed E-state index contributed by atoms with van der Waals surface area (Å²) in [6.45, 7) is 2.33. The number of hydrogen-bond donors (Lipinski definition) is 1. The number of nitrogens with one attached hydrogen (secondary N) is 1. The maximum absolute atomic E-state index is 11.4. The molecule has 0 radical (unpaired) electrons. The van der Waals surface area contributed by atoms with Gasteiger partial charge in [0.15, 0.2) is 21.3 Å². The van der Waals surface area contributed by atoms with Crippen LogP contribution in [0, 0.1) is 0 Å². The molecule has 1 aliphatic heterocycles. The normalized spacial score (nSPS) is 20.4. The van der Waals surface area contributed by atoms with E-state index in [9.17, 15) is 13.2 Å². The Labute approximate surface area is 123 Å². The molecule has 9 heteroatoms. The molecule has 0 saturated carbocycles.